The third-order valence-electron chi connectivity index (χ3n) is 5.41. The quantitative estimate of drug-likeness (QED) is 0.299. The van der Waals surface area contributed by atoms with E-state index in [1.807, 2.05) is 61.5 Å². The number of carbonyl (C=O) groups is 2. The molecule has 0 spiro atoms. The maximum atomic E-state index is 12.1. The molecule has 0 radical (unpaired) electrons. The van der Waals surface area contributed by atoms with Crippen LogP contribution in [0.3, 0.4) is 0 Å². The summed E-state index contributed by atoms with van der Waals surface area (Å²) < 4.78 is 7.60. The number of carbonyl (C=O) groups excluding carboxylic acids is 2. The standard InChI is InChI=1S/C27H26N4O3/c1-20-24(23-14-8-9-15-25(23)31(20)18-21-10-4-2-5-11-21)16-29-30-26(32)17-28-27(33)19-34-22-12-6-3-7-13-22/h2-16H,17-19H2,1H3,(H,28,33)(H,30,32)/b29-16+. The van der Waals surface area contributed by atoms with Crippen LogP contribution in [-0.4, -0.2) is 35.7 Å². The van der Waals surface area contributed by atoms with Gasteiger partial charge in [-0.1, -0.05) is 66.7 Å². The molecule has 1 aromatic heterocycles. The van der Waals surface area contributed by atoms with Gasteiger partial charge < -0.3 is 14.6 Å². The molecular formula is C27H26N4O3. The van der Waals surface area contributed by atoms with Crippen LogP contribution in [0.1, 0.15) is 16.8 Å². The van der Waals surface area contributed by atoms with Gasteiger partial charge in [0.25, 0.3) is 11.8 Å². The van der Waals surface area contributed by atoms with Crippen molar-refractivity contribution in [2.24, 2.45) is 5.10 Å². The molecule has 34 heavy (non-hydrogen) atoms. The Kier molecular flexibility index (Phi) is 7.35. The average molecular weight is 455 g/mol. The molecule has 4 aromatic rings. The number of hydrogen-bond donors (Lipinski definition) is 2. The molecule has 0 saturated heterocycles. The van der Waals surface area contributed by atoms with E-state index in [0.29, 0.717) is 5.75 Å². The van der Waals surface area contributed by atoms with Gasteiger partial charge in [-0.25, -0.2) is 5.43 Å². The molecule has 0 atom stereocenters. The lowest BCUT2D eigenvalue weighted by atomic mass is 10.1. The molecule has 0 aliphatic carbocycles. The number of ether oxygens (including phenoxy) is 1. The van der Waals surface area contributed by atoms with E-state index in [0.717, 1.165) is 28.7 Å². The highest BCUT2D eigenvalue weighted by Crippen LogP contribution is 2.25. The molecule has 0 aliphatic heterocycles. The molecule has 3 aromatic carbocycles. The molecule has 0 aliphatic rings. The minimum Gasteiger partial charge on any atom is -0.484 e. The van der Waals surface area contributed by atoms with Crippen molar-refractivity contribution >= 4 is 28.9 Å². The van der Waals surface area contributed by atoms with E-state index in [9.17, 15) is 9.59 Å². The molecule has 1 heterocycles. The van der Waals surface area contributed by atoms with Crippen LogP contribution in [0.4, 0.5) is 0 Å². The van der Waals surface area contributed by atoms with E-state index >= 15 is 0 Å². The van der Waals surface area contributed by atoms with Crippen molar-refractivity contribution in [3.05, 3.63) is 102 Å². The second kappa shape index (κ2) is 11.0. The fraction of sp³-hybridized carbons (Fsp3) is 0.148. The zero-order valence-corrected chi connectivity index (χ0v) is 18.9. The predicted molar refractivity (Wildman–Crippen MR) is 133 cm³/mol. The zero-order chi connectivity index (χ0) is 23.8. The number of fused-ring (bicyclic) bond motifs is 1. The second-order valence-electron chi connectivity index (χ2n) is 7.76. The molecular weight excluding hydrogens is 428 g/mol. The highest BCUT2D eigenvalue weighted by atomic mass is 16.5. The molecule has 7 nitrogen and oxygen atoms in total. The number of benzene rings is 3. The third-order valence-corrected chi connectivity index (χ3v) is 5.41. The van der Waals surface area contributed by atoms with Crippen LogP contribution < -0.4 is 15.5 Å². The first-order valence-electron chi connectivity index (χ1n) is 11.0. The van der Waals surface area contributed by atoms with Gasteiger partial charge in [0.1, 0.15) is 5.75 Å². The summed E-state index contributed by atoms with van der Waals surface area (Å²) in [5.74, 6) is -0.216. The fourth-order valence-electron chi connectivity index (χ4n) is 3.69. The molecule has 7 heteroatoms. The lowest BCUT2D eigenvalue weighted by Crippen LogP contribution is -2.37. The summed E-state index contributed by atoms with van der Waals surface area (Å²) in [6.45, 7) is 2.42. The molecule has 0 bridgehead atoms. The summed E-state index contributed by atoms with van der Waals surface area (Å²) in [7, 11) is 0. The normalized spacial score (nSPS) is 11.0. The van der Waals surface area contributed by atoms with E-state index < -0.39 is 5.91 Å². The van der Waals surface area contributed by atoms with Crippen LogP contribution in [0.2, 0.25) is 0 Å². The van der Waals surface area contributed by atoms with Crippen molar-refractivity contribution in [3.63, 3.8) is 0 Å². The van der Waals surface area contributed by atoms with Crippen LogP contribution in [0, 0.1) is 6.92 Å². The Morgan fingerprint density at radius 3 is 2.35 bits per heavy atom. The summed E-state index contributed by atoms with van der Waals surface area (Å²) in [6, 6.07) is 27.4. The lowest BCUT2D eigenvalue weighted by molar-refractivity contribution is -0.127. The number of para-hydroxylation sites is 2. The minimum atomic E-state index is -0.421. The summed E-state index contributed by atoms with van der Waals surface area (Å²) in [5, 5.41) is 7.70. The molecule has 172 valence electrons. The number of amides is 2. The summed E-state index contributed by atoms with van der Waals surface area (Å²) in [4.78, 5) is 24.0. The van der Waals surface area contributed by atoms with E-state index in [1.54, 1.807) is 18.3 Å². The maximum absolute atomic E-state index is 12.1. The van der Waals surface area contributed by atoms with Gasteiger partial charge >= 0.3 is 0 Å². The Morgan fingerprint density at radius 1 is 0.912 bits per heavy atom. The molecule has 0 unspecified atom stereocenters. The van der Waals surface area contributed by atoms with Crippen molar-refractivity contribution in [3.8, 4) is 5.75 Å². The first kappa shape index (κ1) is 22.8. The van der Waals surface area contributed by atoms with E-state index in [1.165, 1.54) is 5.56 Å². The van der Waals surface area contributed by atoms with E-state index in [4.69, 9.17) is 4.74 Å². The van der Waals surface area contributed by atoms with E-state index in [2.05, 4.69) is 38.6 Å². The smallest absolute Gasteiger partial charge is 0.259 e. The zero-order valence-electron chi connectivity index (χ0n) is 18.9. The SMILES string of the molecule is Cc1c(/C=N/NC(=O)CNC(=O)COc2ccccc2)c2ccccc2n1Cc1ccccc1. The van der Waals surface area contributed by atoms with Gasteiger partial charge in [0.05, 0.1) is 12.8 Å². The largest absolute Gasteiger partial charge is 0.484 e. The Hall–Kier alpha value is -4.39. The van der Waals surface area contributed by atoms with Crippen LogP contribution in [0.15, 0.2) is 90.0 Å². The van der Waals surface area contributed by atoms with Gasteiger partial charge in [-0.05, 0) is 30.7 Å². The van der Waals surface area contributed by atoms with Crippen molar-refractivity contribution in [2.75, 3.05) is 13.2 Å². The summed E-state index contributed by atoms with van der Waals surface area (Å²) >= 11 is 0. The number of nitrogens with zero attached hydrogens (tertiary/aromatic N) is 2. The molecule has 2 amide bonds. The molecule has 0 saturated carbocycles. The molecule has 2 N–H and O–H groups in total. The first-order valence-corrected chi connectivity index (χ1v) is 11.0. The predicted octanol–water partition coefficient (Wildman–Crippen LogP) is 3.64. The van der Waals surface area contributed by atoms with E-state index in [-0.39, 0.29) is 19.1 Å². The monoisotopic (exact) mass is 454 g/mol. The Balaban J connectivity index is 1.35. The Bertz CT molecular complexity index is 1300. The minimum absolute atomic E-state index is 0.166. The topological polar surface area (TPSA) is 84.7 Å². The number of nitrogens with one attached hydrogen (secondary N) is 2. The van der Waals surface area contributed by atoms with Crippen LogP contribution >= 0.6 is 0 Å². The fourth-order valence-corrected chi connectivity index (χ4v) is 3.69. The number of hydrazone groups is 1. The van der Waals surface area contributed by atoms with Gasteiger partial charge in [-0.15, -0.1) is 0 Å². The number of rotatable bonds is 9. The molecule has 4 rings (SSSR count). The van der Waals surface area contributed by atoms with Gasteiger partial charge in [0, 0.05) is 28.7 Å². The van der Waals surface area contributed by atoms with Crippen LogP contribution in [0.25, 0.3) is 10.9 Å². The lowest BCUT2D eigenvalue weighted by Gasteiger charge is -2.08. The van der Waals surface area contributed by atoms with Gasteiger partial charge in [-0.2, -0.15) is 5.10 Å². The number of aromatic nitrogens is 1. The summed E-state index contributed by atoms with van der Waals surface area (Å²) in [5.41, 5.74) is 6.77. The Morgan fingerprint density at radius 2 is 1.59 bits per heavy atom. The second-order valence-corrected chi connectivity index (χ2v) is 7.76. The van der Waals surface area contributed by atoms with Crippen LogP contribution in [-0.2, 0) is 16.1 Å². The highest BCUT2D eigenvalue weighted by molar-refractivity contribution is 6.01. The highest BCUT2D eigenvalue weighted by Gasteiger charge is 2.13. The first-order chi connectivity index (χ1) is 16.6. The summed E-state index contributed by atoms with van der Waals surface area (Å²) in [6.07, 6.45) is 1.65. The van der Waals surface area contributed by atoms with Gasteiger partial charge in [-0.3, -0.25) is 9.59 Å². The van der Waals surface area contributed by atoms with Crippen LogP contribution in [0.5, 0.6) is 5.75 Å². The third kappa shape index (κ3) is 5.69. The maximum Gasteiger partial charge on any atom is 0.259 e. The number of hydrogen-bond acceptors (Lipinski definition) is 4. The van der Waals surface area contributed by atoms with Crippen molar-refractivity contribution in [1.82, 2.24) is 15.3 Å². The average Bonchev–Trinajstić information content (AvgIpc) is 3.13. The van der Waals surface area contributed by atoms with Crippen molar-refractivity contribution in [1.29, 1.82) is 0 Å². The molecule has 0 fully saturated rings. The van der Waals surface area contributed by atoms with Crippen molar-refractivity contribution < 1.29 is 14.3 Å². The van der Waals surface area contributed by atoms with Crippen molar-refractivity contribution in [2.45, 2.75) is 13.5 Å². The van der Waals surface area contributed by atoms with Gasteiger partial charge in [0.2, 0.25) is 0 Å². The van der Waals surface area contributed by atoms with Gasteiger partial charge in [0.15, 0.2) is 6.61 Å². The Labute approximate surface area is 198 Å².